The smallest absolute Gasteiger partial charge is 0.308 e. The Hall–Kier alpha value is -1.10. The average molecular weight is 271 g/mol. The van der Waals surface area contributed by atoms with Crippen LogP contribution in [0.1, 0.15) is 51.9 Å². The molecule has 1 fully saturated rings. The Balaban J connectivity index is 2.48. The van der Waals surface area contributed by atoms with E-state index in [0.29, 0.717) is 13.0 Å². The summed E-state index contributed by atoms with van der Waals surface area (Å²) in [5.74, 6) is -1.47. The minimum absolute atomic E-state index is 0.0245. The van der Waals surface area contributed by atoms with Crippen molar-refractivity contribution in [2.45, 2.75) is 57.9 Å². The van der Waals surface area contributed by atoms with Crippen LogP contribution in [0.25, 0.3) is 0 Å². The Kier molecular flexibility index (Phi) is 7.48. The van der Waals surface area contributed by atoms with E-state index >= 15 is 0 Å². The number of carboxylic acid groups (broad SMARTS) is 1. The molecule has 0 aromatic heterocycles. The molecule has 0 aliphatic heterocycles. The third kappa shape index (κ3) is 6.05. The molecule has 5 heteroatoms. The number of rotatable bonds is 6. The Bertz CT molecular complexity index is 293. The lowest BCUT2D eigenvalue weighted by Gasteiger charge is -2.27. The summed E-state index contributed by atoms with van der Waals surface area (Å²) in [6.45, 7) is 2.56. The number of hydrogen-bond acceptors (Lipinski definition) is 3. The van der Waals surface area contributed by atoms with Gasteiger partial charge in [-0.2, -0.15) is 0 Å². The zero-order valence-corrected chi connectivity index (χ0v) is 11.7. The standard InChI is InChI=1S/C14H25NO4/c1-2-9-19-10-13(16)15-12-8-6-4-3-5-7-11(12)14(17)18/h11-12H,2-10H2,1H3,(H,15,16)(H,17,18). The molecule has 0 spiro atoms. The van der Waals surface area contributed by atoms with E-state index in [1.165, 1.54) is 0 Å². The molecule has 0 saturated heterocycles. The Morgan fingerprint density at radius 3 is 2.53 bits per heavy atom. The SMILES string of the molecule is CCCOCC(=O)NC1CCCCCCC1C(=O)O. The molecule has 1 rings (SSSR count). The molecular weight excluding hydrogens is 246 g/mol. The zero-order chi connectivity index (χ0) is 14.1. The van der Waals surface area contributed by atoms with E-state index in [0.717, 1.165) is 38.5 Å². The predicted molar refractivity (Wildman–Crippen MR) is 71.9 cm³/mol. The van der Waals surface area contributed by atoms with Gasteiger partial charge in [0.25, 0.3) is 0 Å². The summed E-state index contributed by atoms with van der Waals surface area (Å²) >= 11 is 0. The van der Waals surface area contributed by atoms with Crippen molar-refractivity contribution in [3.05, 3.63) is 0 Å². The van der Waals surface area contributed by atoms with Crippen LogP contribution in [0.3, 0.4) is 0 Å². The van der Waals surface area contributed by atoms with Crippen LogP contribution in [0, 0.1) is 5.92 Å². The van der Waals surface area contributed by atoms with Crippen molar-refractivity contribution in [3.63, 3.8) is 0 Å². The maximum absolute atomic E-state index is 11.7. The first-order valence-corrected chi connectivity index (χ1v) is 7.25. The van der Waals surface area contributed by atoms with E-state index in [2.05, 4.69) is 5.32 Å². The fourth-order valence-corrected chi connectivity index (χ4v) is 2.51. The van der Waals surface area contributed by atoms with Crippen LogP contribution >= 0.6 is 0 Å². The third-order valence-corrected chi connectivity index (χ3v) is 3.51. The Morgan fingerprint density at radius 2 is 1.89 bits per heavy atom. The lowest BCUT2D eigenvalue weighted by Crippen LogP contribution is -2.45. The van der Waals surface area contributed by atoms with Crippen molar-refractivity contribution in [2.75, 3.05) is 13.2 Å². The van der Waals surface area contributed by atoms with Crippen LogP contribution in [0.4, 0.5) is 0 Å². The van der Waals surface area contributed by atoms with E-state index < -0.39 is 11.9 Å². The fraction of sp³-hybridized carbons (Fsp3) is 0.857. The summed E-state index contributed by atoms with van der Waals surface area (Å²) in [7, 11) is 0. The van der Waals surface area contributed by atoms with Gasteiger partial charge in [-0.05, 0) is 19.3 Å². The molecule has 1 amide bonds. The molecule has 1 aliphatic carbocycles. The maximum atomic E-state index is 11.7. The Morgan fingerprint density at radius 1 is 1.21 bits per heavy atom. The van der Waals surface area contributed by atoms with Crippen LogP contribution in [-0.2, 0) is 14.3 Å². The molecule has 0 aromatic carbocycles. The van der Waals surface area contributed by atoms with Gasteiger partial charge in [0.15, 0.2) is 0 Å². The molecule has 1 aliphatic rings. The summed E-state index contributed by atoms with van der Waals surface area (Å²) in [6, 6.07) is -0.254. The quantitative estimate of drug-likeness (QED) is 0.724. The number of aliphatic carboxylic acids is 1. The molecular formula is C14H25NO4. The van der Waals surface area contributed by atoms with Gasteiger partial charge in [0.1, 0.15) is 6.61 Å². The molecule has 0 radical (unpaired) electrons. The highest BCUT2D eigenvalue weighted by atomic mass is 16.5. The summed E-state index contributed by atoms with van der Waals surface area (Å²) in [5, 5.41) is 12.1. The number of nitrogens with one attached hydrogen (secondary N) is 1. The summed E-state index contributed by atoms with van der Waals surface area (Å²) in [4.78, 5) is 23.0. The van der Waals surface area contributed by atoms with Crippen molar-refractivity contribution < 1.29 is 19.4 Å². The molecule has 19 heavy (non-hydrogen) atoms. The first kappa shape index (κ1) is 16.0. The second-order valence-electron chi connectivity index (χ2n) is 5.16. The summed E-state index contributed by atoms with van der Waals surface area (Å²) < 4.78 is 5.18. The number of carbonyl (C=O) groups is 2. The van der Waals surface area contributed by atoms with Gasteiger partial charge < -0.3 is 15.2 Å². The van der Waals surface area contributed by atoms with E-state index in [4.69, 9.17) is 4.74 Å². The van der Waals surface area contributed by atoms with Crippen LogP contribution in [0.15, 0.2) is 0 Å². The average Bonchev–Trinajstić information content (AvgIpc) is 2.32. The molecule has 2 unspecified atom stereocenters. The highest BCUT2D eigenvalue weighted by Crippen LogP contribution is 2.23. The monoisotopic (exact) mass is 271 g/mol. The first-order valence-electron chi connectivity index (χ1n) is 7.25. The molecule has 2 atom stereocenters. The van der Waals surface area contributed by atoms with Gasteiger partial charge in [-0.3, -0.25) is 9.59 Å². The normalized spacial score (nSPS) is 24.3. The zero-order valence-electron chi connectivity index (χ0n) is 11.7. The number of carbonyl (C=O) groups excluding carboxylic acids is 1. The van der Waals surface area contributed by atoms with Gasteiger partial charge in [-0.15, -0.1) is 0 Å². The van der Waals surface area contributed by atoms with E-state index in [1.807, 2.05) is 6.92 Å². The van der Waals surface area contributed by atoms with Crippen LogP contribution in [0.5, 0.6) is 0 Å². The van der Waals surface area contributed by atoms with Crippen molar-refractivity contribution in [1.29, 1.82) is 0 Å². The van der Waals surface area contributed by atoms with Crippen molar-refractivity contribution in [1.82, 2.24) is 5.32 Å². The lowest BCUT2D eigenvalue weighted by molar-refractivity contribution is -0.143. The van der Waals surface area contributed by atoms with Gasteiger partial charge >= 0.3 is 5.97 Å². The van der Waals surface area contributed by atoms with Crippen molar-refractivity contribution in [3.8, 4) is 0 Å². The van der Waals surface area contributed by atoms with Gasteiger partial charge in [0, 0.05) is 12.6 Å². The second-order valence-corrected chi connectivity index (χ2v) is 5.16. The minimum atomic E-state index is -0.804. The van der Waals surface area contributed by atoms with E-state index in [1.54, 1.807) is 0 Å². The molecule has 2 N–H and O–H groups in total. The molecule has 5 nitrogen and oxygen atoms in total. The molecule has 1 saturated carbocycles. The fourth-order valence-electron chi connectivity index (χ4n) is 2.51. The van der Waals surface area contributed by atoms with Crippen molar-refractivity contribution in [2.24, 2.45) is 5.92 Å². The van der Waals surface area contributed by atoms with Crippen LogP contribution in [-0.4, -0.2) is 36.2 Å². The van der Waals surface area contributed by atoms with Crippen LogP contribution < -0.4 is 5.32 Å². The van der Waals surface area contributed by atoms with E-state index in [-0.39, 0.29) is 18.6 Å². The largest absolute Gasteiger partial charge is 0.481 e. The highest BCUT2D eigenvalue weighted by Gasteiger charge is 2.29. The van der Waals surface area contributed by atoms with Gasteiger partial charge in [0.05, 0.1) is 5.92 Å². The van der Waals surface area contributed by atoms with Gasteiger partial charge in [-0.25, -0.2) is 0 Å². The first-order chi connectivity index (χ1) is 9.15. The van der Waals surface area contributed by atoms with Gasteiger partial charge in [-0.1, -0.05) is 32.6 Å². The number of ether oxygens (including phenoxy) is 1. The Labute approximate surface area is 114 Å². The van der Waals surface area contributed by atoms with Crippen molar-refractivity contribution >= 4 is 11.9 Å². The maximum Gasteiger partial charge on any atom is 0.308 e. The predicted octanol–water partition coefficient (Wildman–Crippen LogP) is 1.95. The number of carboxylic acids is 1. The molecule has 0 aromatic rings. The van der Waals surface area contributed by atoms with Gasteiger partial charge in [0.2, 0.25) is 5.91 Å². The molecule has 110 valence electrons. The minimum Gasteiger partial charge on any atom is -0.481 e. The number of amides is 1. The lowest BCUT2D eigenvalue weighted by atomic mass is 9.87. The second kappa shape index (κ2) is 8.91. The third-order valence-electron chi connectivity index (χ3n) is 3.51. The number of hydrogen-bond donors (Lipinski definition) is 2. The van der Waals surface area contributed by atoms with Crippen LogP contribution in [0.2, 0.25) is 0 Å². The highest BCUT2D eigenvalue weighted by molar-refractivity contribution is 5.79. The topological polar surface area (TPSA) is 75.6 Å². The molecule has 0 heterocycles. The molecule has 0 bridgehead atoms. The van der Waals surface area contributed by atoms with E-state index in [9.17, 15) is 14.7 Å². The summed E-state index contributed by atoms with van der Waals surface area (Å²) in [6.07, 6.45) is 6.37. The summed E-state index contributed by atoms with van der Waals surface area (Å²) in [5.41, 5.74) is 0.